The summed E-state index contributed by atoms with van der Waals surface area (Å²) in [5, 5.41) is 4.13. The lowest BCUT2D eigenvalue weighted by molar-refractivity contribution is -0.126. The fraction of sp³-hybridized carbons (Fsp3) is 0.400. The molecule has 4 rings (SSSR count). The van der Waals surface area contributed by atoms with Gasteiger partial charge in [-0.3, -0.25) is 9.69 Å². The summed E-state index contributed by atoms with van der Waals surface area (Å²) in [6.45, 7) is 5.93. The Morgan fingerprint density at radius 3 is 2.65 bits per heavy atom. The number of carbonyl (C=O) groups excluding carboxylic acids is 1. The number of aromatic nitrogens is 1. The van der Waals surface area contributed by atoms with E-state index in [0.717, 1.165) is 44.8 Å². The molecule has 3 aromatic rings. The fourth-order valence-electron chi connectivity index (χ4n) is 4.43. The van der Waals surface area contributed by atoms with Gasteiger partial charge in [0.05, 0.1) is 7.11 Å². The van der Waals surface area contributed by atoms with Gasteiger partial charge < -0.3 is 14.6 Å². The Labute approximate surface area is 182 Å². The first kappa shape index (κ1) is 21.4. The number of carbonyl (C=O) groups is 1. The monoisotopic (exact) mass is 423 g/mol. The second kappa shape index (κ2) is 9.52. The highest BCUT2D eigenvalue weighted by Gasteiger charge is 2.25. The number of likely N-dealkylation sites (tertiary alicyclic amines) is 1. The average molecular weight is 424 g/mol. The number of hydrogen-bond acceptors (Lipinski definition) is 3. The van der Waals surface area contributed by atoms with Gasteiger partial charge in [0.1, 0.15) is 11.6 Å². The number of rotatable bonds is 7. The van der Waals surface area contributed by atoms with Crippen molar-refractivity contribution in [3.05, 3.63) is 65.6 Å². The number of hydrogen-bond donors (Lipinski definition) is 1. The molecule has 1 amide bonds. The van der Waals surface area contributed by atoms with Gasteiger partial charge >= 0.3 is 0 Å². The van der Waals surface area contributed by atoms with Crippen molar-refractivity contribution in [3.8, 4) is 5.75 Å². The zero-order valence-electron chi connectivity index (χ0n) is 18.2. The Kier molecular flexibility index (Phi) is 6.56. The number of aryl methyl sites for hydroxylation is 1. The van der Waals surface area contributed by atoms with Crippen LogP contribution in [0.4, 0.5) is 4.39 Å². The molecule has 2 heterocycles. The Morgan fingerprint density at radius 2 is 1.94 bits per heavy atom. The fourth-order valence-corrected chi connectivity index (χ4v) is 4.43. The van der Waals surface area contributed by atoms with Gasteiger partial charge in [0.25, 0.3) is 0 Å². The summed E-state index contributed by atoms with van der Waals surface area (Å²) in [5.74, 6) is 0.601. The van der Waals surface area contributed by atoms with Crippen molar-refractivity contribution >= 4 is 16.8 Å². The highest BCUT2D eigenvalue weighted by molar-refractivity contribution is 5.85. The molecule has 1 aromatic heterocycles. The Hall–Kier alpha value is -2.86. The number of nitrogens with zero attached hydrogens (tertiary/aromatic N) is 2. The molecule has 0 unspecified atom stereocenters. The van der Waals surface area contributed by atoms with Crippen molar-refractivity contribution in [1.82, 2.24) is 14.8 Å². The maximum absolute atomic E-state index is 13.8. The quantitative estimate of drug-likeness (QED) is 0.615. The topological polar surface area (TPSA) is 46.5 Å². The zero-order chi connectivity index (χ0) is 21.8. The first-order chi connectivity index (χ1) is 15.1. The average Bonchev–Trinajstić information content (AvgIpc) is 3.15. The van der Waals surface area contributed by atoms with Crippen LogP contribution < -0.4 is 10.1 Å². The van der Waals surface area contributed by atoms with Gasteiger partial charge in [-0.1, -0.05) is 18.2 Å². The number of amides is 1. The number of piperidine rings is 1. The molecule has 1 aliphatic heterocycles. The van der Waals surface area contributed by atoms with Gasteiger partial charge in [0.15, 0.2) is 0 Å². The SMILES string of the molecule is CCn1cc(CN2CCC(C(=O)NCc3ccccc3F)CC2)c2cc(OC)ccc21. The van der Waals surface area contributed by atoms with E-state index in [2.05, 4.69) is 40.0 Å². The number of halogens is 1. The van der Waals surface area contributed by atoms with Crippen LogP contribution in [0.3, 0.4) is 0 Å². The first-order valence-corrected chi connectivity index (χ1v) is 11.0. The Bertz CT molecular complexity index is 1050. The third-order valence-corrected chi connectivity index (χ3v) is 6.27. The summed E-state index contributed by atoms with van der Waals surface area (Å²) in [5.41, 5.74) is 3.04. The molecule has 5 nitrogen and oxygen atoms in total. The van der Waals surface area contributed by atoms with Crippen LogP contribution in [-0.2, 0) is 24.4 Å². The molecule has 164 valence electrons. The lowest BCUT2D eigenvalue weighted by Gasteiger charge is -2.31. The molecule has 0 spiro atoms. The minimum atomic E-state index is -0.277. The minimum Gasteiger partial charge on any atom is -0.497 e. The van der Waals surface area contributed by atoms with Crippen molar-refractivity contribution in [1.29, 1.82) is 0 Å². The molecule has 0 bridgehead atoms. The number of fused-ring (bicyclic) bond motifs is 1. The number of benzene rings is 2. The van der Waals surface area contributed by atoms with Crippen molar-refractivity contribution in [2.24, 2.45) is 5.92 Å². The van der Waals surface area contributed by atoms with Gasteiger partial charge in [-0.15, -0.1) is 0 Å². The van der Waals surface area contributed by atoms with E-state index >= 15 is 0 Å². The molecular weight excluding hydrogens is 393 g/mol. The van der Waals surface area contributed by atoms with E-state index in [1.165, 1.54) is 22.5 Å². The second-order valence-corrected chi connectivity index (χ2v) is 8.18. The van der Waals surface area contributed by atoms with Gasteiger partial charge in [-0.2, -0.15) is 0 Å². The summed E-state index contributed by atoms with van der Waals surface area (Å²) in [7, 11) is 1.69. The van der Waals surface area contributed by atoms with Crippen LogP contribution in [0.1, 0.15) is 30.9 Å². The molecule has 0 aliphatic carbocycles. The zero-order valence-corrected chi connectivity index (χ0v) is 18.2. The molecule has 0 saturated carbocycles. The Balaban J connectivity index is 1.35. The molecule has 0 atom stereocenters. The van der Waals surface area contributed by atoms with Crippen LogP contribution in [0.5, 0.6) is 5.75 Å². The molecule has 2 aromatic carbocycles. The Morgan fingerprint density at radius 1 is 1.16 bits per heavy atom. The molecular formula is C25H30FN3O2. The van der Waals surface area contributed by atoms with Crippen LogP contribution in [0.15, 0.2) is 48.7 Å². The molecule has 0 radical (unpaired) electrons. The van der Waals surface area contributed by atoms with Crippen molar-refractivity contribution in [2.75, 3.05) is 20.2 Å². The van der Waals surface area contributed by atoms with Crippen molar-refractivity contribution in [2.45, 2.75) is 39.4 Å². The summed E-state index contributed by atoms with van der Waals surface area (Å²) >= 11 is 0. The van der Waals surface area contributed by atoms with Crippen LogP contribution >= 0.6 is 0 Å². The van der Waals surface area contributed by atoms with E-state index < -0.39 is 0 Å². The highest BCUT2D eigenvalue weighted by atomic mass is 19.1. The third-order valence-electron chi connectivity index (χ3n) is 6.27. The van der Waals surface area contributed by atoms with Crippen molar-refractivity contribution in [3.63, 3.8) is 0 Å². The molecule has 1 fully saturated rings. The normalized spacial score (nSPS) is 15.3. The van der Waals surface area contributed by atoms with E-state index in [1.807, 2.05) is 6.07 Å². The predicted molar refractivity (Wildman–Crippen MR) is 120 cm³/mol. The van der Waals surface area contributed by atoms with Gasteiger partial charge in [0, 0.05) is 48.2 Å². The van der Waals surface area contributed by atoms with Crippen LogP contribution in [0.25, 0.3) is 10.9 Å². The van der Waals surface area contributed by atoms with Crippen LogP contribution in [-0.4, -0.2) is 35.6 Å². The summed E-state index contributed by atoms with van der Waals surface area (Å²) in [6, 6.07) is 12.8. The highest BCUT2D eigenvalue weighted by Crippen LogP contribution is 2.28. The van der Waals surface area contributed by atoms with Gasteiger partial charge in [-0.05, 0) is 62.7 Å². The summed E-state index contributed by atoms with van der Waals surface area (Å²) < 4.78 is 21.5. The van der Waals surface area contributed by atoms with Gasteiger partial charge in [0.2, 0.25) is 5.91 Å². The maximum atomic E-state index is 13.8. The molecule has 1 saturated heterocycles. The summed E-state index contributed by atoms with van der Waals surface area (Å²) in [6.07, 6.45) is 3.87. The predicted octanol–water partition coefficient (Wildman–Crippen LogP) is 4.34. The van der Waals surface area contributed by atoms with E-state index in [-0.39, 0.29) is 24.2 Å². The largest absolute Gasteiger partial charge is 0.497 e. The lowest BCUT2D eigenvalue weighted by atomic mass is 9.95. The lowest BCUT2D eigenvalue weighted by Crippen LogP contribution is -2.40. The molecule has 1 aliphatic rings. The minimum absolute atomic E-state index is 0.0138. The molecule has 1 N–H and O–H groups in total. The van der Waals surface area contributed by atoms with E-state index in [0.29, 0.717) is 5.56 Å². The third kappa shape index (κ3) is 4.74. The number of ether oxygens (including phenoxy) is 1. The van der Waals surface area contributed by atoms with Crippen LogP contribution in [0, 0.1) is 11.7 Å². The molecule has 31 heavy (non-hydrogen) atoms. The smallest absolute Gasteiger partial charge is 0.223 e. The van der Waals surface area contributed by atoms with E-state index in [4.69, 9.17) is 4.74 Å². The maximum Gasteiger partial charge on any atom is 0.223 e. The molecule has 6 heteroatoms. The first-order valence-electron chi connectivity index (χ1n) is 11.0. The van der Waals surface area contributed by atoms with E-state index in [1.54, 1.807) is 25.3 Å². The number of nitrogens with one attached hydrogen (secondary N) is 1. The standard InChI is InChI=1S/C25H30FN3O2/c1-3-29-17-20(22-14-21(31-2)8-9-24(22)29)16-28-12-10-18(11-13-28)25(30)27-15-19-6-4-5-7-23(19)26/h4-9,14,17-18H,3,10-13,15-16H2,1-2H3,(H,27,30). The van der Waals surface area contributed by atoms with Gasteiger partial charge in [-0.25, -0.2) is 4.39 Å². The number of methoxy groups -OCH3 is 1. The van der Waals surface area contributed by atoms with E-state index in [9.17, 15) is 9.18 Å². The second-order valence-electron chi connectivity index (χ2n) is 8.18. The summed E-state index contributed by atoms with van der Waals surface area (Å²) in [4.78, 5) is 15.0. The van der Waals surface area contributed by atoms with Crippen molar-refractivity contribution < 1.29 is 13.9 Å². The van der Waals surface area contributed by atoms with Crippen LogP contribution in [0.2, 0.25) is 0 Å².